The number of halogens is 1. The molecule has 1 N–H and O–H groups in total. The zero-order valence-electron chi connectivity index (χ0n) is 11.5. The molecule has 0 spiro atoms. The van der Waals surface area contributed by atoms with Crippen molar-refractivity contribution < 1.29 is 9.47 Å². The van der Waals surface area contributed by atoms with Crippen LogP contribution in [0, 0.1) is 0 Å². The number of benzene rings is 1. The van der Waals surface area contributed by atoms with Crippen LogP contribution < -0.4 is 10.1 Å². The van der Waals surface area contributed by atoms with Gasteiger partial charge >= 0.3 is 0 Å². The van der Waals surface area contributed by atoms with E-state index in [0.29, 0.717) is 6.04 Å². The van der Waals surface area contributed by atoms with Gasteiger partial charge in [0.05, 0.1) is 17.7 Å². The van der Waals surface area contributed by atoms with Crippen LogP contribution in [0.1, 0.15) is 19.4 Å². The van der Waals surface area contributed by atoms with Crippen molar-refractivity contribution in [3.8, 4) is 5.75 Å². The number of rotatable bonds is 7. The molecule has 0 fully saturated rings. The Kier molecular flexibility index (Phi) is 6.68. The molecule has 0 aromatic heterocycles. The van der Waals surface area contributed by atoms with Gasteiger partial charge in [0.1, 0.15) is 5.75 Å². The minimum absolute atomic E-state index is 0.186. The van der Waals surface area contributed by atoms with Crippen molar-refractivity contribution >= 4 is 15.9 Å². The van der Waals surface area contributed by atoms with E-state index < -0.39 is 0 Å². The first-order valence-corrected chi connectivity index (χ1v) is 7.00. The lowest BCUT2D eigenvalue weighted by Crippen LogP contribution is -2.40. The lowest BCUT2D eigenvalue weighted by Gasteiger charge is -2.24. The zero-order valence-corrected chi connectivity index (χ0v) is 13.1. The van der Waals surface area contributed by atoms with Crippen molar-refractivity contribution in [2.45, 2.75) is 32.4 Å². The minimum Gasteiger partial charge on any atom is -0.496 e. The van der Waals surface area contributed by atoms with E-state index in [-0.39, 0.29) is 6.10 Å². The molecule has 0 aliphatic rings. The van der Waals surface area contributed by atoms with Gasteiger partial charge in [0.15, 0.2) is 0 Å². The smallest absolute Gasteiger partial charge is 0.133 e. The molecule has 2 atom stereocenters. The molecule has 0 aliphatic heterocycles. The summed E-state index contributed by atoms with van der Waals surface area (Å²) in [5, 5.41) is 3.46. The molecule has 0 radical (unpaired) electrons. The Morgan fingerprint density at radius 1 is 1.33 bits per heavy atom. The Morgan fingerprint density at radius 3 is 2.56 bits per heavy atom. The monoisotopic (exact) mass is 315 g/mol. The maximum absolute atomic E-state index is 5.41. The second kappa shape index (κ2) is 7.77. The average Bonchev–Trinajstić information content (AvgIpc) is 2.37. The van der Waals surface area contributed by atoms with Gasteiger partial charge in [-0.25, -0.2) is 0 Å². The van der Waals surface area contributed by atoms with Gasteiger partial charge in [-0.15, -0.1) is 0 Å². The molecule has 3 nitrogen and oxygen atoms in total. The molecule has 102 valence electrons. The highest BCUT2D eigenvalue weighted by molar-refractivity contribution is 9.10. The summed E-state index contributed by atoms with van der Waals surface area (Å²) < 4.78 is 11.6. The van der Waals surface area contributed by atoms with Crippen LogP contribution >= 0.6 is 15.9 Å². The largest absolute Gasteiger partial charge is 0.496 e. The predicted molar refractivity (Wildman–Crippen MR) is 78.3 cm³/mol. The molecule has 1 aromatic rings. The van der Waals surface area contributed by atoms with Crippen molar-refractivity contribution in [1.29, 1.82) is 0 Å². The molecule has 0 bridgehead atoms. The van der Waals surface area contributed by atoms with Crippen molar-refractivity contribution in [3.05, 3.63) is 28.2 Å². The predicted octanol–water partition coefficient (Wildman–Crippen LogP) is 3.01. The summed E-state index contributed by atoms with van der Waals surface area (Å²) in [6.07, 6.45) is 1.12. The Hall–Kier alpha value is -0.580. The highest BCUT2D eigenvalue weighted by atomic mass is 79.9. The zero-order chi connectivity index (χ0) is 13.5. The number of hydrogen-bond acceptors (Lipinski definition) is 3. The third kappa shape index (κ3) is 4.26. The SMILES string of the molecule is CCNC(Cc1ccc(OC)c(Br)c1)C(C)OC. The first kappa shape index (κ1) is 15.5. The molecule has 0 heterocycles. The molecule has 0 saturated heterocycles. The van der Waals surface area contributed by atoms with Gasteiger partial charge in [0, 0.05) is 13.2 Å². The minimum atomic E-state index is 0.186. The first-order chi connectivity index (χ1) is 8.62. The fraction of sp³-hybridized carbons (Fsp3) is 0.571. The molecule has 0 amide bonds. The van der Waals surface area contributed by atoms with E-state index >= 15 is 0 Å². The van der Waals surface area contributed by atoms with E-state index in [1.165, 1.54) is 5.56 Å². The summed E-state index contributed by atoms with van der Waals surface area (Å²) in [6.45, 7) is 5.14. The number of methoxy groups -OCH3 is 2. The van der Waals surface area contributed by atoms with Crippen molar-refractivity contribution in [1.82, 2.24) is 5.32 Å². The van der Waals surface area contributed by atoms with Crippen LogP contribution in [0.5, 0.6) is 5.75 Å². The van der Waals surface area contributed by atoms with Crippen LogP contribution in [0.3, 0.4) is 0 Å². The molecule has 2 unspecified atom stereocenters. The number of nitrogens with one attached hydrogen (secondary N) is 1. The van der Waals surface area contributed by atoms with Gasteiger partial charge in [-0.1, -0.05) is 13.0 Å². The molecule has 0 aliphatic carbocycles. The second-order valence-electron chi connectivity index (χ2n) is 4.28. The highest BCUT2D eigenvalue weighted by Crippen LogP contribution is 2.26. The summed E-state index contributed by atoms with van der Waals surface area (Å²) in [5.74, 6) is 0.860. The Labute approximate surface area is 118 Å². The van der Waals surface area contributed by atoms with E-state index in [2.05, 4.69) is 47.2 Å². The van der Waals surface area contributed by atoms with Crippen LogP contribution in [0.25, 0.3) is 0 Å². The number of ether oxygens (including phenoxy) is 2. The molecular weight excluding hydrogens is 294 g/mol. The van der Waals surface area contributed by atoms with Crippen LogP contribution in [0.2, 0.25) is 0 Å². The van der Waals surface area contributed by atoms with E-state index in [0.717, 1.165) is 23.2 Å². The van der Waals surface area contributed by atoms with Gasteiger partial charge in [0.2, 0.25) is 0 Å². The Bertz CT molecular complexity index is 371. The molecule has 1 aromatic carbocycles. The maximum atomic E-state index is 5.41. The maximum Gasteiger partial charge on any atom is 0.133 e. The van der Waals surface area contributed by atoms with Gasteiger partial charge in [0.25, 0.3) is 0 Å². The van der Waals surface area contributed by atoms with Crippen LogP contribution in [-0.2, 0) is 11.2 Å². The third-order valence-corrected chi connectivity index (χ3v) is 3.70. The lowest BCUT2D eigenvalue weighted by molar-refractivity contribution is 0.0836. The van der Waals surface area contributed by atoms with Crippen molar-refractivity contribution in [3.63, 3.8) is 0 Å². The fourth-order valence-electron chi connectivity index (χ4n) is 1.92. The summed E-state index contributed by atoms with van der Waals surface area (Å²) in [4.78, 5) is 0. The van der Waals surface area contributed by atoms with Crippen LogP contribution in [0.4, 0.5) is 0 Å². The van der Waals surface area contributed by atoms with Crippen molar-refractivity contribution in [2.24, 2.45) is 0 Å². The van der Waals surface area contributed by atoms with Gasteiger partial charge < -0.3 is 14.8 Å². The standard InChI is InChI=1S/C14H22BrNO2/c1-5-16-13(10(2)17-3)9-11-6-7-14(18-4)12(15)8-11/h6-8,10,13,16H,5,9H2,1-4H3. The van der Waals surface area contributed by atoms with Gasteiger partial charge in [-0.05, 0) is 53.5 Å². The normalized spacial score (nSPS) is 14.3. The van der Waals surface area contributed by atoms with Crippen LogP contribution in [-0.4, -0.2) is 32.9 Å². The summed E-state index contributed by atoms with van der Waals surface area (Å²) in [7, 11) is 3.42. The fourth-order valence-corrected chi connectivity index (χ4v) is 2.51. The van der Waals surface area contributed by atoms with Crippen molar-refractivity contribution in [2.75, 3.05) is 20.8 Å². The molecule has 0 saturated carbocycles. The Morgan fingerprint density at radius 2 is 2.06 bits per heavy atom. The second-order valence-corrected chi connectivity index (χ2v) is 5.13. The third-order valence-electron chi connectivity index (χ3n) is 3.08. The van der Waals surface area contributed by atoms with Gasteiger partial charge in [-0.2, -0.15) is 0 Å². The van der Waals surface area contributed by atoms with E-state index in [9.17, 15) is 0 Å². The number of hydrogen-bond donors (Lipinski definition) is 1. The lowest BCUT2D eigenvalue weighted by atomic mass is 10.0. The molecule has 1 rings (SSSR count). The molecule has 4 heteroatoms. The van der Waals surface area contributed by atoms with Crippen LogP contribution in [0.15, 0.2) is 22.7 Å². The molecular formula is C14H22BrNO2. The van der Waals surface area contributed by atoms with E-state index in [4.69, 9.17) is 9.47 Å². The first-order valence-electron chi connectivity index (χ1n) is 6.21. The van der Waals surface area contributed by atoms with E-state index in [1.54, 1.807) is 14.2 Å². The highest BCUT2D eigenvalue weighted by Gasteiger charge is 2.16. The molecule has 18 heavy (non-hydrogen) atoms. The van der Waals surface area contributed by atoms with Gasteiger partial charge in [-0.3, -0.25) is 0 Å². The van der Waals surface area contributed by atoms with E-state index in [1.807, 2.05) is 6.07 Å². The summed E-state index contributed by atoms with van der Waals surface area (Å²) >= 11 is 3.51. The number of likely N-dealkylation sites (N-methyl/N-ethyl adjacent to an activating group) is 1. The summed E-state index contributed by atoms with van der Waals surface area (Å²) in [5.41, 5.74) is 1.26. The topological polar surface area (TPSA) is 30.5 Å². The quantitative estimate of drug-likeness (QED) is 0.839. The average molecular weight is 316 g/mol. The Balaban J connectivity index is 2.77. The summed E-state index contributed by atoms with van der Waals surface area (Å²) in [6, 6.07) is 6.50.